The fourth-order valence-electron chi connectivity index (χ4n) is 4.25. The molecule has 0 aliphatic carbocycles. The summed E-state index contributed by atoms with van der Waals surface area (Å²) in [6.07, 6.45) is 1.63. The molecule has 3 aromatic rings. The van der Waals surface area contributed by atoms with Gasteiger partial charge in [0.25, 0.3) is 5.56 Å². The second kappa shape index (κ2) is 12.4. The fraction of sp³-hybridized carbons (Fsp3) is 0.259. The topological polar surface area (TPSA) is 105 Å². The number of hydrogen-bond donors (Lipinski definition) is 0. The number of hydrogen-bond acceptors (Lipinski definition) is 9. The second-order valence-electron chi connectivity index (χ2n) is 8.43. The van der Waals surface area contributed by atoms with Crippen molar-refractivity contribution in [2.24, 2.45) is 4.99 Å². The van der Waals surface area contributed by atoms with E-state index in [0.29, 0.717) is 51.1 Å². The zero-order chi connectivity index (χ0) is 29.3. The third-order valence-corrected chi connectivity index (χ3v) is 8.60. The molecule has 1 aliphatic heterocycles. The largest absolute Gasteiger partial charge is 0.493 e. The van der Waals surface area contributed by atoms with E-state index in [1.54, 1.807) is 44.2 Å². The first kappa shape index (κ1) is 30.2. The molecule has 0 radical (unpaired) electrons. The van der Waals surface area contributed by atoms with Crippen LogP contribution in [0, 0.1) is 0 Å². The van der Waals surface area contributed by atoms with Crippen LogP contribution < -0.4 is 29.1 Å². The summed E-state index contributed by atoms with van der Waals surface area (Å²) in [7, 11) is 3.02. The number of aromatic nitrogens is 1. The zero-order valence-corrected chi connectivity index (χ0v) is 27.5. The van der Waals surface area contributed by atoms with E-state index in [-0.39, 0.29) is 17.9 Å². The number of ether oxygens (including phenoxy) is 4. The first-order valence-electron chi connectivity index (χ1n) is 11.8. The SMILES string of the molecule is CCOC(=O)C1=C(C)N=c2s/c(=C\c3cc(Br)cc(Br)c3OC(C)=O)c(=O)n2[C@@H]1c1cc(OC)c(OC)cc1Br. The van der Waals surface area contributed by atoms with Crippen LogP contribution >= 0.6 is 59.1 Å². The van der Waals surface area contributed by atoms with Crippen molar-refractivity contribution in [1.29, 1.82) is 0 Å². The number of rotatable bonds is 7. The van der Waals surface area contributed by atoms with Crippen molar-refractivity contribution in [2.45, 2.75) is 26.8 Å². The normalized spacial score (nSPS) is 14.9. The number of methoxy groups -OCH3 is 2. The van der Waals surface area contributed by atoms with Gasteiger partial charge in [-0.3, -0.25) is 14.2 Å². The van der Waals surface area contributed by atoms with Gasteiger partial charge < -0.3 is 18.9 Å². The lowest BCUT2D eigenvalue weighted by molar-refractivity contribution is -0.139. The highest BCUT2D eigenvalue weighted by Crippen LogP contribution is 2.41. The molecule has 210 valence electrons. The lowest BCUT2D eigenvalue weighted by atomic mass is 9.95. The highest BCUT2D eigenvalue weighted by atomic mass is 79.9. The van der Waals surface area contributed by atoms with Crippen molar-refractivity contribution in [1.82, 2.24) is 4.57 Å². The number of carbonyl (C=O) groups is 2. The Morgan fingerprint density at radius 1 is 1.07 bits per heavy atom. The fourth-order valence-corrected chi connectivity index (χ4v) is 7.16. The van der Waals surface area contributed by atoms with Crippen molar-refractivity contribution < 1.29 is 28.5 Å². The molecule has 0 unspecified atom stereocenters. The number of esters is 2. The molecule has 13 heteroatoms. The van der Waals surface area contributed by atoms with Gasteiger partial charge >= 0.3 is 11.9 Å². The van der Waals surface area contributed by atoms with Crippen LogP contribution in [0.1, 0.15) is 37.9 Å². The molecule has 0 fully saturated rings. The predicted octanol–water partition coefficient (Wildman–Crippen LogP) is 5.03. The van der Waals surface area contributed by atoms with Crippen molar-refractivity contribution in [3.63, 3.8) is 0 Å². The number of thiazole rings is 1. The predicted molar refractivity (Wildman–Crippen MR) is 161 cm³/mol. The summed E-state index contributed by atoms with van der Waals surface area (Å²) in [6.45, 7) is 4.86. The van der Waals surface area contributed by atoms with Gasteiger partial charge in [-0.05, 0) is 65.7 Å². The lowest BCUT2D eigenvalue weighted by Gasteiger charge is -2.26. The minimum Gasteiger partial charge on any atom is -0.493 e. The molecule has 0 N–H and O–H groups in total. The van der Waals surface area contributed by atoms with E-state index in [1.165, 1.54) is 25.7 Å². The van der Waals surface area contributed by atoms with Crippen molar-refractivity contribution in [3.8, 4) is 17.2 Å². The molecule has 0 bridgehead atoms. The summed E-state index contributed by atoms with van der Waals surface area (Å²) in [5, 5.41) is 0. The van der Waals surface area contributed by atoms with Crippen LogP contribution in [0.4, 0.5) is 0 Å². The zero-order valence-electron chi connectivity index (χ0n) is 22.0. The Labute approximate surface area is 258 Å². The summed E-state index contributed by atoms with van der Waals surface area (Å²) >= 11 is 11.6. The van der Waals surface area contributed by atoms with Crippen molar-refractivity contribution >= 4 is 77.1 Å². The molecule has 0 spiro atoms. The van der Waals surface area contributed by atoms with Gasteiger partial charge in [0.05, 0.1) is 47.1 Å². The molecular weight excluding hydrogens is 736 g/mol. The highest BCUT2D eigenvalue weighted by molar-refractivity contribution is 9.11. The summed E-state index contributed by atoms with van der Waals surface area (Å²) in [5.74, 6) is 0.0712. The molecule has 0 saturated carbocycles. The van der Waals surface area contributed by atoms with E-state index in [9.17, 15) is 14.4 Å². The molecule has 4 rings (SSSR count). The Bertz CT molecular complexity index is 1740. The summed E-state index contributed by atoms with van der Waals surface area (Å²) in [4.78, 5) is 44.0. The highest BCUT2D eigenvalue weighted by Gasteiger charge is 2.35. The smallest absolute Gasteiger partial charge is 0.338 e. The van der Waals surface area contributed by atoms with Gasteiger partial charge in [0, 0.05) is 21.4 Å². The van der Waals surface area contributed by atoms with Crippen LogP contribution in [0.25, 0.3) is 6.08 Å². The Morgan fingerprint density at radius 3 is 2.38 bits per heavy atom. The van der Waals surface area contributed by atoms with Gasteiger partial charge in [-0.1, -0.05) is 43.2 Å². The van der Waals surface area contributed by atoms with Crippen LogP contribution in [0.3, 0.4) is 0 Å². The van der Waals surface area contributed by atoms with Gasteiger partial charge in [0.2, 0.25) is 0 Å². The maximum Gasteiger partial charge on any atom is 0.338 e. The first-order valence-corrected chi connectivity index (χ1v) is 15.0. The molecule has 0 amide bonds. The van der Waals surface area contributed by atoms with Gasteiger partial charge in [-0.15, -0.1) is 0 Å². The maximum absolute atomic E-state index is 14.0. The van der Waals surface area contributed by atoms with Crippen LogP contribution in [-0.2, 0) is 14.3 Å². The molecule has 1 aromatic heterocycles. The monoisotopic (exact) mass is 756 g/mol. The van der Waals surface area contributed by atoms with Gasteiger partial charge in [0.1, 0.15) is 0 Å². The third-order valence-electron chi connectivity index (χ3n) is 5.88. The van der Waals surface area contributed by atoms with Crippen LogP contribution in [0.15, 0.2) is 58.7 Å². The van der Waals surface area contributed by atoms with Crippen molar-refractivity contribution in [3.05, 3.63) is 79.8 Å². The summed E-state index contributed by atoms with van der Waals surface area (Å²) in [6, 6.07) is 6.02. The number of allylic oxidation sites excluding steroid dienone is 1. The number of nitrogens with zero attached hydrogens (tertiary/aromatic N) is 2. The Hall–Kier alpha value is -2.74. The average Bonchev–Trinajstić information content (AvgIpc) is 3.19. The number of halogens is 3. The molecule has 1 aliphatic rings. The van der Waals surface area contributed by atoms with E-state index < -0.39 is 23.5 Å². The minimum absolute atomic E-state index is 0.149. The molecule has 0 saturated heterocycles. The van der Waals surface area contributed by atoms with Gasteiger partial charge in [0.15, 0.2) is 22.0 Å². The standard InChI is InChI=1S/C27H23Br3N2O7S/c1-6-38-26(35)22-12(2)31-27-32(23(22)16-10-19(36-4)20(37-5)11-17(16)29)25(34)21(40-27)8-14-7-15(28)9-18(30)24(14)39-13(3)33/h7-11,23H,6H2,1-5H3/b21-8-/t23-/m1/s1. The molecule has 1 atom stereocenters. The first-order chi connectivity index (χ1) is 19.0. The van der Waals surface area contributed by atoms with E-state index >= 15 is 0 Å². The maximum atomic E-state index is 14.0. The van der Waals surface area contributed by atoms with E-state index in [2.05, 4.69) is 52.8 Å². The molecule has 2 heterocycles. The average molecular weight is 759 g/mol. The van der Waals surface area contributed by atoms with E-state index in [4.69, 9.17) is 18.9 Å². The van der Waals surface area contributed by atoms with Crippen LogP contribution in [0.2, 0.25) is 0 Å². The summed E-state index contributed by atoms with van der Waals surface area (Å²) < 4.78 is 25.3. The quantitative estimate of drug-likeness (QED) is 0.246. The van der Waals surface area contributed by atoms with E-state index in [1.807, 2.05) is 0 Å². The minimum atomic E-state index is -0.881. The molecular formula is C27H23Br3N2O7S. The number of carbonyl (C=O) groups excluding carboxylic acids is 2. The molecule has 9 nitrogen and oxygen atoms in total. The molecule has 2 aromatic carbocycles. The van der Waals surface area contributed by atoms with E-state index in [0.717, 1.165) is 11.3 Å². The Balaban J connectivity index is 2.04. The Morgan fingerprint density at radius 2 is 1.75 bits per heavy atom. The van der Waals surface area contributed by atoms with Crippen LogP contribution in [-0.4, -0.2) is 37.3 Å². The number of benzene rings is 2. The molecule has 40 heavy (non-hydrogen) atoms. The van der Waals surface area contributed by atoms with Gasteiger partial charge in [-0.2, -0.15) is 0 Å². The van der Waals surface area contributed by atoms with Crippen LogP contribution in [0.5, 0.6) is 17.2 Å². The summed E-state index contributed by atoms with van der Waals surface area (Å²) in [5.41, 5.74) is 1.32. The van der Waals surface area contributed by atoms with Crippen molar-refractivity contribution in [2.75, 3.05) is 20.8 Å². The second-order valence-corrected chi connectivity index (χ2v) is 12.1. The Kier molecular flexibility index (Phi) is 9.38. The number of fused-ring (bicyclic) bond motifs is 1. The third kappa shape index (κ3) is 5.83. The van der Waals surface area contributed by atoms with Gasteiger partial charge in [-0.25, -0.2) is 9.79 Å². The lowest BCUT2D eigenvalue weighted by Crippen LogP contribution is -2.40.